The monoisotopic (exact) mass is 477 g/mol. The van der Waals surface area contributed by atoms with E-state index in [0.717, 1.165) is 5.69 Å². The fourth-order valence-electron chi connectivity index (χ4n) is 3.70. The summed E-state index contributed by atoms with van der Waals surface area (Å²) in [6, 6.07) is 11.1. The molecule has 1 aliphatic rings. The van der Waals surface area contributed by atoms with E-state index >= 15 is 0 Å². The summed E-state index contributed by atoms with van der Waals surface area (Å²) < 4.78 is 35.8. The molecule has 2 N–H and O–H groups in total. The zero-order valence-corrected chi connectivity index (χ0v) is 18.8. The van der Waals surface area contributed by atoms with Crippen LogP contribution < -0.4 is 4.72 Å². The predicted molar refractivity (Wildman–Crippen MR) is 118 cm³/mol. The standard InChI is InChI=1S/C21H24ClN5O4S/c22-15-4-3-5-17(12-15)32(29,30)25-19-8-7-16(31-21(19)14-28)9-11-27-13-20(24-26-27)18-6-1-2-10-23-18/h1-6,10,12-13,16,19,21,25,28H,7-9,11,14H2/t16-,19-,21-/m1/s1. The lowest BCUT2D eigenvalue weighted by Crippen LogP contribution is -2.50. The highest BCUT2D eigenvalue weighted by atomic mass is 35.5. The Bertz CT molecular complexity index is 1140. The van der Waals surface area contributed by atoms with E-state index in [9.17, 15) is 13.5 Å². The zero-order chi connectivity index (χ0) is 22.6. The molecule has 0 aliphatic carbocycles. The number of nitrogens with one attached hydrogen (secondary N) is 1. The van der Waals surface area contributed by atoms with E-state index in [1.807, 2.05) is 24.4 Å². The normalized spacial score (nSPS) is 21.5. The van der Waals surface area contributed by atoms with Crippen molar-refractivity contribution in [1.29, 1.82) is 0 Å². The average molecular weight is 478 g/mol. The second-order valence-corrected chi connectivity index (χ2v) is 9.76. The van der Waals surface area contributed by atoms with Crippen LogP contribution in [0.2, 0.25) is 5.02 Å². The number of pyridine rings is 1. The first-order chi connectivity index (χ1) is 15.4. The molecule has 32 heavy (non-hydrogen) atoms. The highest BCUT2D eigenvalue weighted by Crippen LogP contribution is 2.25. The van der Waals surface area contributed by atoms with Crippen LogP contribution in [0.15, 0.2) is 59.8 Å². The first kappa shape index (κ1) is 22.8. The number of aromatic nitrogens is 4. The maximum Gasteiger partial charge on any atom is 0.240 e. The van der Waals surface area contributed by atoms with Crippen LogP contribution in [0, 0.1) is 0 Å². The van der Waals surface area contributed by atoms with E-state index in [1.54, 1.807) is 23.0 Å². The molecule has 1 fully saturated rings. The zero-order valence-electron chi connectivity index (χ0n) is 17.2. The summed E-state index contributed by atoms with van der Waals surface area (Å²) in [7, 11) is -3.78. The lowest BCUT2D eigenvalue weighted by Gasteiger charge is -2.36. The third-order valence-corrected chi connectivity index (χ3v) is 7.08. The average Bonchev–Trinajstić information content (AvgIpc) is 3.28. The summed E-state index contributed by atoms with van der Waals surface area (Å²) in [5.41, 5.74) is 1.45. The van der Waals surface area contributed by atoms with E-state index in [0.29, 0.717) is 36.5 Å². The van der Waals surface area contributed by atoms with Crippen molar-refractivity contribution >= 4 is 21.6 Å². The SMILES string of the molecule is O=S(=O)(N[C@@H]1CC[C@H](CCn2cc(-c3ccccn3)nn2)O[C@@H]1CO)c1cccc(Cl)c1. The Balaban J connectivity index is 1.33. The molecule has 3 aromatic rings. The molecule has 0 unspecified atom stereocenters. The van der Waals surface area contributed by atoms with E-state index in [1.165, 1.54) is 12.1 Å². The van der Waals surface area contributed by atoms with Crippen LogP contribution >= 0.6 is 11.6 Å². The van der Waals surface area contributed by atoms with Crippen molar-refractivity contribution in [2.24, 2.45) is 0 Å². The van der Waals surface area contributed by atoms with Gasteiger partial charge in [0.1, 0.15) is 5.69 Å². The van der Waals surface area contributed by atoms with E-state index in [2.05, 4.69) is 20.0 Å². The Kier molecular flexibility index (Phi) is 7.17. The summed E-state index contributed by atoms with van der Waals surface area (Å²) in [6.45, 7) is 0.300. The van der Waals surface area contributed by atoms with Gasteiger partial charge in [-0.1, -0.05) is 28.9 Å². The molecule has 0 bridgehead atoms. The molecular formula is C21H24ClN5O4S. The van der Waals surface area contributed by atoms with Gasteiger partial charge in [0.2, 0.25) is 10.0 Å². The lowest BCUT2D eigenvalue weighted by molar-refractivity contribution is -0.0891. The van der Waals surface area contributed by atoms with Crippen LogP contribution in [0.1, 0.15) is 19.3 Å². The molecule has 9 nitrogen and oxygen atoms in total. The number of aryl methyl sites for hydroxylation is 1. The topological polar surface area (TPSA) is 119 Å². The van der Waals surface area contributed by atoms with Gasteiger partial charge in [-0.15, -0.1) is 5.10 Å². The molecule has 1 aliphatic heterocycles. The maximum atomic E-state index is 12.7. The highest BCUT2D eigenvalue weighted by molar-refractivity contribution is 7.89. The van der Waals surface area contributed by atoms with E-state index < -0.39 is 22.2 Å². The largest absolute Gasteiger partial charge is 0.394 e. The molecule has 3 atom stereocenters. The summed E-state index contributed by atoms with van der Waals surface area (Å²) in [4.78, 5) is 4.35. The molecule has 11 heteroatoms. The van der Waals surface area contributed by atoms with Gasteiger partial charge in [0.05, 0.1) is 41.6 Å². The number of hydrogen-bond donors (Lipinski definition) is 2. The van der Waals surface area contributed by atoms with Crippen molar-refractivity contribution < 1.29 is 18.3 Å². The van der Waals surface area contributed by atoms with Crippen LogP contribution in [0.3, 0.4) is 0 Å². The van der Waals surface area contributed by atoms with Gasteiger partial charge in [-0.05, 0) is 49.6 Å². The van der Waals surface area contributed by atoms with Crippen molar-refractivity contribution in [2.45, 2.75) is 49.0 Å². The number of aliphatic hydroxyl groups is 1. The van der Waals surface area contributed by atoms with Gasteiger partial charge < -0.3 is 9.84 Å². The number of hydrogen-bond acceptors (Lipinski definition) is 7. The first-order valence-electron chi connectivity index (χ1n) is 10.3. The summed E-state index contributed by atoms with van der Waals surface area (Å²) >= 11 is 5.92. The lowest BCUT2D eigenvalue weighted by atomic mass is 9.98. The number of rotatable bonds is 8. The van der Waals surface area contributed by atoms with Gasteiger partial charge in [-0.25, -0.2) is 13.1 Å². The molecule has 170 valence electrons. The molecular weight excluding hydrogens is 454 g/mol. The second kappa shape index (κ2) is 10.1. The van der Waals surface area contributed by atoms with Crippen molar-refractivity contribution in [3.8, 4) is 11.4 Å². The number of benzene rings is 1. The Morgan fingerprint density at radius 2 is 2.06 bits per heavy atom. The minimum Gasteiger partial charge on any atom is -0.394 e. The van der Waals surface area contributed by atoms with Gasteiger partial charge in [0.25, 0.3) is 0 Å². The molecule has 0 radical (unpaired) electrons. The van der Waals surface area contributed by atoms with Gasteiger partial charge in [0, 0.05) is 17.8 Å². The molecule has 0 saturated carbocycles. The quantitative estimate of drug-likeness (QED) is 0.510. The molecule has 1 saturated heterocycles. The van der Waals surface area contributed by atoms with Crippen LogP contribution in [-0.2, 0) is 21.3 Å². The summed E-state index contributed by atoms with van der Waals surface area (Å²) in [6.07, 6.45) is 4.64. The number of nitrogens with zero attached hydrogens (tertiary/aromatic N) is 4. The maximum absolute atomic E-state index is 12.7. The number of sulfonamides is 1. The second-order valence-electron chi connectivity index (χ2n) is 7.61. The van der Waals surface area contributed by atoms with Gasteiger partial charge >= 0.3 is 0 Å². The van der Waals surface area contributed by atoms with Crippen LogP contribution in [0.4, 0.5) is 0 Å². The Labute approximate surface area is 191 Å². The van der Waals surface area contributed by atoms with Gasteiger partial charge in [0.15, 0.2) is 0 Å². The van der Waals surface area contributed by atoms with Crippen LogP contribution in [-0.4, -0.2) is 58.4 Å². The molecule has 1 aromatic carbocycles. The first-order valence-corrected chi connectivity index (χ1v) is 12.2. The molecule has 4 rings (SSSR count). The summed E-state index contributed by atoms with van der Waals surface area (Å²) in [5, 5.41) is 18.4. The van der Waals surface area contributed by atoms with Crippen LogP contribution in [0.25, 0.3) is 11.4 Å². The van der Waals surface area contributed by atoms with Gasteiger partial charge in [-0.3, -0.25) is 9.67 Å². The molecule has 0 spiro atoms. The number of aliphatic hydroxyl groups excluding tert-OH is 1. The fraction of sp³-hybridized carbons (Fsp3) is 0.381. The molecule has 0 amide bonds. The number of ether oxygens (including phenoxy) is 1. The minimum absolute atomic E-state index is 0.0821. The third-order valence-electron chi connectivity index (χ3n) is 5.35. The van der Waals surface area contributed by atoms with E-state index in [-0.39, 0.29) is 17.6 Å². The van der Waals surface area contributed by atoms with Crippen molar-refractivity contribution in [3.63, 3.8) is 0 Å². The van der Waals surface area contributed by atoms with Crippen molar-refractivity contribution in [2.75, 3.05) is 6.61 Å². The Morgan fingerprint density at radius 3 is 2.81 bits per heavy atom. The molecule has 2 aromatic heterocycles. The van der Waals surface area contributed by atoms with Crippen LogP contribution in [0.5, 0.6) is 0 Å². The fourth-order valence-corrected chi connectivity index (χ4v) is 5.30. The summed E-state index contributed by atoms with van der Waals surface area (Å²) in [5.74, 6) is 0. The predicted octanol–water partition coefficient (Wildman–Crippen LogP) is 2.27. The third kappa shape index (κ3) is 5.51. The Hall–Kier alpha value is -2.37. The Morgan fingerprint density at radius 1 is 1.19 bits per heavy atom. The molecule has 3 heterocycles. The van der Waals surface area contributed by atoms with E-state index in [4.69, 9.17) is 16.3 Å². The van der Waals surface area contributed by atoms with Crippen molar-refractivity contribution in [3.05, 3.63) is 59.9 Å². The van der Waals surface area contributed by atoms with Gasteiger partial charge in [-0.2, -0.15) is 0 Å². The smallest absolute Gasteiger partial charge is 0.240 e. The minimum atomic E-state index is -3.78. The van der Waals surface area contributed by atoms with Crippen molar-refractivity contribution in [1.82, 2.24) is 24.7 Å². The number of halogens is 1. The highest BCUT2D eigenvalue weighted by Gasteiger charge is 2.34.